The van der Waals surface area contributed by atoms with E-state index in [4.69, 9.17) is 0 Å². The minimum atomic E-state index is -2.63. The highest BCUT2D eigenvalue weighted by molar-refractivity contribution is 9.10. The molecule has 0 aromatic rings. The van der Waals surface area contributed by atoms with Crippen molar-refractivity contribution in [2.45, 2.75) is 50.3 Å². The van der Waals surface area contributed by atoms with Crippen LogP contribution in [0.15, 0.2) is 0 Å². The molecular weight excluding hydrogens is 238 g/mol. The molecule has 1 saturated carbocycles. The van der Waals surface area contributed by atoms with Gasteiger partial charge in [-0.25, -0.2) is 0 Å². The van der Waals surface area contributed by atoms with E-state index >= 15 is 0 Å². The third kappa shape index (κ3) is 3.53. The lowest BCUT2D eigenvalue weighted by molar-refractivity contribution is 0.0183. The second-order valence-corrected chi connectivity index (χ2v) is 5.11. The van der Waals surface area contributed by atoms with Gasteiger partial charge in [-0.15, -0.1) is 0 Å². The Balaban J connectivity index is 2.30. The molecule has 0 amide bonds. The van der Waals surface area contributed by atoms with E-state index in [0.29, 0.717) is 18.8 Å². The smallest absolute Gasteiger partial charge is 0.193 e. The fourth-order valence-corrected chi connectivity index (χ4v) is 2.64. The zero-order valence-electron chi connectivity index (χ0n) is 8.03. The van der Waals surface area contributed by atoms with E-state index < -0.39 is 10.7 Å². The summed E-state index contributed by atoms with van der Waals surface area (Å²) in [6, 6.07) is 0. The number of hydrogen-bond acceptors (Lipinski definition) is 0. The predicted molar refractivity (Wildman–Crippen MR) is 54.2 cm³/mol. The lowest BCUT2D eigenvalue weighted by Crippen LogP contribution is -2.26. The molecule has 0 bridgehead atoms. The standard InChI is InChI=1S/C10H17BrF2/c1-2-3-8-4-6-9(7-5-8)10(11,12)13/h8-9H,2-7H2,1H3. The minimum Gasteiger partial charge on any atom is -0.193 e. The van der Waals surface area contributed by atoms with Crippen LogP contribution >= 0.6 is 15.9 Å². The summed E-state index contributed by atoms with van der Waals surface area (Å²) in [6.07, 6.45) is 5.73. The van der Waals surface area contributed by atoms with Crippen molar-refractivity contribution in [2.75, 3.05) is 0 Å². The Morgan fingerprint density at radius 1 is 1.23 bits per heavy atom. The highest BCUT2D eigenvalue weighted by atomic mass is 79.9. The molecule has 1 rings (SSSR count). The van der Waals surface area contributed by atoms with Crippen LogP contribution in [0, 0.1) is 11.8 Å². The molecule has 1 fully saturated rings. The summed E-state index contributed by atoms with van der Waals surface area (Å²) in [5.41, 5.74) is 0. The summed E-state index contributed by atoms with van der Waals surface area (Å²) in [7, 11) is 0. The van der Waals surface area contributed by atoms with Crippen LogP contribution < -0.4 is 0 Å². The zero-order valence-corrected chi connectivity index (χ0v) is 9.62. The SMILES string of the molecule is CCCC1CCC(C(F)(F)Br)CC1. The Bertz CT molecular complexity index is 145. The molecule has 0 atom stereocenters. The summed E-state index contributed by atoms with van der Waals surface area (Å²) in [5, 5.41) is 0. The molecule has 3 heteroatoms. The van der Waals surface area contributed by atoms with Gasteiger partial charge in [0.1, 0.15) is 0 Å². The Hall–Kier alpha value is 0.340. The van der Waals surface area contributed by atoms with Gasteiger partial charge in [0.05, 0.1) is 0 Å². The monoisotopic (exact) mass is 254 g/mol. The number of hydrogen-bond donors (Lipinski definition) is 0. The molecule has 78 valence electrons. The van der Waals surface area contributed by atoms with Gasteiger partial charge in [0.25, 0.3) is 0 Å². The normalized spacial score (nSPS) is 30.5. The van der Waals surface area contributed by atoms with Gasteiger partial charge in [0, 0.05) is 5.92 Å². The van der Waals surface area contributed by atoms with E-state index in [1.807, 2.05) is 0 Å². The molecule has 1 aliphatic carbocycles. The van der Waals surface area contributed by atoms with Crippen molar-refractivity contribution >= 4 is 15.9 Å². The van der Waals surface area contributed by atoms with Crippen LogP contribution in [-0.2, 0) is 0 Å². The van der Waals surface area contributed by atoms with Crippen LogP contribution in [0.2, 0.25) is 0 Å². The summed E-state index contributed by atoms with van der Waals surface area (Å²) in [5.74, 6) is 0.275. The van der Waals surface area contributed by atoms with Crippen molar-refractivity contribution in [2.24, 2.45) is 11.8 Å². The Morgan fingerprint density at radius 3 is 2.15 bits per heavy atom. The molecule has 0 heterocycles. The van der Waals surface area contributed by atoms with Gasteiger partial charge in [-0.05, 0) is 47.5 Å². The minimum absolute atomic E-state index is 0.430. The average Bonchev–Trinajstić information content (AvgIpc) is 2.04. The van der Waals surface area contributed by atoms with Gasteiger partial charge in [0.2, 0.25) is 0 Å². The molecular formula is C10H17BrF2. The maximum absolute atomic E-state index is 12.8. The summed E-state index contributed by atoms with van der Waals surface area (Å²) < 4.78 is 25.7. The van der Waals surface area contributed by atoms with E-state index in [0.717, 1.165) is 12.8 Å². The van der Waals surface area contributed by atoms with Gasteiger partial charge in [-0.3, -0.25) is 0 Å². The summed E-state index contributed by atoms with van der Waals surface area (Å²) in [4.78, 5) is -2.63. The highest BCUT2D eigenvalue weighted by Crippen LogP contribution is 2.42. The Labute approximate surface area is 87.2 Å². The first kappa shape index (κ1) is 11.4. The zero-order chi connectivity index (χ0) is 9.90. The summed E-state index contributed by atoms with van der Waals surface area (Å²) in [6.45, 7) is 2.16. The summed E-state index contributed by atoms with van der Waals surface area (Å²) >= 11 is 2.47. The van der Waals surface area contributed by atoms with Crippen LogP contribution in [-0.4, -0.2) is 4.83 Å². The van der Waals surface area contributed by atoms with E-state index in [-0.39, 0.29) is 0 Å². The largest absolute Gasteiger partial charge is 0.304 e. The first-order valence-electron chi connectivity index (χ1n) is 5.10. The number of alkyl halides is 3. The molecule has 0 saturated heterocycles. The van der Waals surface area contributed by atoms with Gasteiger partial charge >= 0.3 is 4.83 Å². The highest BCUT2D eigenvalue weighted by Gasteiger charge is 2.38. The maximum atomic E-state index is 12.8. The van der Waals surface area contributed by atoms with Crippen LogP contribution in [0.25, 0.3) is 0 Å². The molecule has 0 aromatic carbocycles. The average molecular weight is 255 g/mol. The lowest BCUT2D eigenvalue weighted by atomic mass is 9.80. The van der Waals surface area contributed by atoms with Crippen molar-refractivity contribution in [3.8, 4) is 0 Å². The van der Waals surface area contributed by atoms with Gasteiger partial charge in [-0.1, -0.05) is 19.8 Å². The molecule has 0 aliphatic heterocycles. The molecule has 0 nitrogen and oxygen atoms in total. The molecule has 0 N–H and O–H groups in total. The van der Waals surface area contributed by atoms with E-state index in [1.165, 1.54) is 12.8 Å². The maximum Gasteiger partial charge on any atom is 0.304 e. The Kier molecular flexibility index (Phi) is 4.14. The second kappa shape index (κ2) is 4.72. The van der Waals surface area contributed by atoms with Crippen LogP contribution in [0.1, 0.15) is 45.4 Å². The third-order valence-corrected chi connectivity index (χ3v) is 3.65. The van der Waals surface area contributed by atoms with Gasteiger partial charge in [0.15, 0.2) is 0 Å². The second-order valence-electron chi connectivity index (χ2n) is 4.05. The van der Waals surface area contributed by atoms with Gasteiger partial charge in [-0.2, -0.15) is 8.78 Å². The molecule has 0 unspecified atom stereocenters. The first-order valence-corrected chi connectivity index (χ1v) is 5.90. The van der Waals surface area contributed by atoms with Crippen molar-refractivity contribution in [1.29, 1.82) is 0 Å². The molecule has 1 aliphatic rings. The third-order valence-electron chi connectivity index (χ3n) is 3.01. The van der Waals surface area contributed by atoms with Crippen LogP contribution in [0.5, 0.6) is 0 Å². The Morgan fingerprint density at radius 2 is 1.77 bits per heavy atom. The number of halogens is 3. The van der Waals surface area contributed by atoms with Crippen LogP contribution in [0.4, 0.5) is 8.78 Å². The van der Waals surface area contributed by atoms with Crippen molar-refractivity contribution in [3.05, 3.63) is 0 Å². The first-order chi connectivity index (χ1) is 6.04. The topological polar surface area (TPSA) is 0 Å². The molecule has 13 heavy (non-hydrogen) atoms. The lowest BCUT2D eigenvalue weighted by Gasteiger charge is -2.30. The van der Waals surface area contributed by atoms with Crippen molar-refractivity contribution in [1.82, 2.24) is 0 Å². The van der Waals surface area contributed by atoms with Crippen molar-refractivity contribution < 1.29 is 8.78 Å². The molecule has 0 radical (unpaired) electrons. The molecule has 0 spiro atoms. The van der Waals surface area contributed by atoms with E-state index in [9.17, 15) is 8.78 Å². The number of rotatable bonds is 3. The molecule has 0 aromatic heterocycles. The van der Waals surface area contributed by atoms with Crippen molar-refractivity contribution in [3.63, 3.8) is 0 Å². The quantitative estimate of drug-likeness (QED) is 0.647. The van der Waals surface area contributed by atoms with Crippen LogP contribution in [0.3, 0.4) is 0 Å². The van der Waals surface area contributed by atoms with Gasteiger partial charge < -0.3 is 0 Å². The van der Waals surface area contributed by atoms with E-state index in [2.05, 4.69) is 22.9 Å². The fraction of sp³-hybridized carbons (Fsp3) is 1.00. The van der Waals surface area contributed by atoms with E-state index in [1.54, 1.807) is 0 Å². The predicted octanol–water partition coefficient (Wildman–Crippen LogP) is 4.58. The fourth-order valence-electron chi connectivity index (χ4n) is 2.19.